The highest BCUT2D eigenvalue weighted by Crippen LogP contribution is 2.34. The van der Waals surface area contributed by atoms with Gasteiger partial charge in [-0.2, -0.15) is 0 Å². The number of amides is 1. The molecule has 0 aliphatic rings. The molecule has 0 fully saturated rings. The lowest BCUT2D eigenvalue weighted by Crippen LogP contribution is -2.17. The third kappa shape index (κ3) is 4.22. The average Bonchev–Trinajstić information content (AvgIpc) is 2.60. The lowest BCUT2D eigenvalue weighted by molar-refractivity contribution is 0.0601. The summed E-state index contributed by atoms with van der Waals surface area (Å²) in [6.07, 6.45) is 0. The molecule has 2 rings (SSSR count). The van der Waals surface area contributed by atoms with Crippen LogP contribution in [0.1, 0.15) is 26.3 Å². The number of aryl methyl sites for hydroxylation is 1. The lowest BCUT2D eigenvalue weighted by Gasteiger charge is -2.15. The fraction of sp³-hybridized carbons (Fsp3) is 0.222. The van der Waals surface area contributed by atoms with Crippen molar-refractivity contribution in [1.82, 2.24) is 0 Å². The van der Waals surface area contributed by atoms with Crippen LogP contribution in [-0.4, -0.2) is 33.2 Å². The second-order valence-corrected chi connectivity index (χ2v) is 6.34. The smallest absolute Gasteiger partial charge is 0.340 e. The molecule has 1 amide bonds. The summed E-state index contributed by atoms with van der Waals surface area (Å²) in [4.78, 5) is 24.7. The number of benzene rings is 2. The van der Waals surface area contributed by atoms with Gasteiger partial charge < -0.3 is 19.5 Å². The highest BCUT2D eigenvalue weighted by atomic mass is 127. The first kappa shape index (κ1) is 19.0. The molecule has 0 spiro atoms. The summed E-state index contributed by atoms with van der Waals surface area (Å²) < 4.78 is 16.0. The van der Waals surface area contributed by atoms with E-state index in [1.807, 2.05) is 19.1 Å². The van der Waals surface area contributed by atoms with Crippen molar-refractivity contribution >= 4 is 40.2 Å². The first-order chi connectivity index (χ1) is 11.9. The molecule has 0 heterocycles. The van der Waals surface area contributed by atoms with E-state index in [2.05, 4.69) is 27.9 Å². The van der Waals surface area contributed by atoms with E-state index in [-0.39, 0.29) is 17.2 Å². The van der Waals surface area contributed by atoms with Gasteiger partial charge in [-0.15, -0.1) is 0 Å². The van der Waals surface area contributed by atoms with Gasteiger partial charge in [0, 0.05) is 15.7 Å². The normalized spacial score (nSPS) is 10.1. The molecule has 0 atom stereocenters. The molecular formula is C18H18INO5. The Bertz CT molecular complexity index is 819. The maximum Gasteiger partial charge on any atom is 0.340 e. The molecule has 0 aliphatic heterocycles. The van der Waals surface area contributed by atoms with E-state index in [9.17, 15) is 9.59 Å². The Hall–Kier alpha value is -2.29. The number of ether oxygens (including phenoxy) is 3. The molecule has 2 aromatic carbocycles. The quantitative estimate of drug-likeness (QED) is 0.551. The molecule has 7 heteroatoms. The Balaban J connectivity index is 2.46. The van der Waals surface area contributed by atoms with Crippen molar-refractivity contribution in [3.8, 4) is 11.5 Å². The van der Waals surface area contributed by atoms with Gasteiger partial charge in [-0.1, -0.05) is 11.6 Å². The number of hydrogen-bond donors (Lipinski definition) is 1. The van der Waals surface area contributed by atoms with Crippen molar-refractivity contribution in [3.63, 3.8) is 0 Å². The zero-order valence-corrected chi connectivity index (χ0v) is 16.5. The van der Waals surface area contributed by atoms with Crippen LogP contribution < -0.4 is 14.8 Å². The van der Waals surface area contributed by atoms with Gasteiger partial charge >= 0.3 is 5.97 Å². The number of hydrogen-bond acceptors (Lipinski definition) is 5. The van der Waals surface area contributed by atoms with Gasteiger partial charge in [-0.25, -0.2) is 4.79 Å². The Morgan fingerprint density at radius 3 is 2.16 bits per heavy atom. The molecule has 0 radical (unpaired) electrons. The van der Waals surface area contributed by atoms with Crippen LogP contribution in [0.4, 0.5) is 5.69 Å². The molecule has 0 saturated heterocycles. The molecule has 1 N–H and O–H groups in total. The van der Waals surface area contributed by atoms with Gasteiger partial charge in [-0.3, -0.25) is 4.79 Å². The Morgan fingerprint density at radius 2 is 1.60 bits per heavy atom. The van der Waals surface area contributed by atoms with Crippen molar-refractivity contribution in [2.45, 2.75) is 6.92 Å². The SMILES string of the molecule is COC(=O)c1cc(OC)c(OC)cc1NC(=O)c1ccc(C)cc1I. The maximum absolute atomic E-state index is 12.6. The number of rotatable bonds is 5. The van der Waals surface area contributed by atoms with E-state index in [0.29, 0.717) is 17.1 Å². The number of anilines is 1. The number of carbonyl (C=O) groups is 2. The molecule has 0 bridgehead atoms. The highest BCUT2D eigenvalue weighted by Gasteiger charge is 2.20. The fourth-order valence-corrected chi connectivity index (χ4v) is 3.17. The van der Waals surface area contributed by atoms with Gasteiger partial charge in [0.05, 0.1) is 38.1 Å². The summed E-state index contributed by atoms with van der Waals surface area (Å²) in [7, 11) is 4.21. The van der Waals surface area contributed by atoms with Gasteiger partial charge in [0.1, 0.15) is 0 Å². The Kier molecular flexibility index (Phi) is 6.24. The van der Waals surface area contributed by atoms with E-state index in [1.54, 1.807) is 6.07 Å². The number of esters is 1. The minimum atomic E-state index is -0.588. The van der Waals surface area contributed by atoms with Crippen LogP contribution in [0, 0.1) is 10.5 Å². The summed E-state index contributed by atoms with van der Waals surface area (Å²) in [6, 6.07) is 8.51. The molecule has 6 nitrogen and oxygen atoms in total. The van der Waals surface area contributed by atoms with E-state index in [0.717, 1.165) is 9.13 Å². The molecule has 0 saturated carbocycles. The van der Waals surface area contributed by atoms with E-state index in [1.165, 1.54) is 33.5 Å². The Morgan fingerprint density at radius 1 is 0.960 bits per heavy atom. The minimum Gasteiger partial charge on any atom is -0.493 e. The summed E-state index contributed by atoms with van der Waals surface area (Å²) in [5.41, 5.74) is 2.03. The van der Waals surface area contributed by atoms with Crippen molar-refractivity contribution in [2.24, 2.45) is 0 Å². The van der Waals surface area contributed by atoms with E-state index in [4.69, 9.17) is 14.2 Å². The Labute approximate surface area is 159 Å². The standard InChI is InChI=1S/C18H18INO5/c1-10-5-6-11(13(19)7-10)17(21)20-14-9-16(24-3)15(23-2)8-12(14)18(22)25-4/h5-9H,1-4H3,(H,20,21). The number of nitrogens with one attached hydrogen (secondary N) is 1. The van der Waals surface area contributed by atoms with Gasteiger partial charge in [0.25, 0.3) is 5.91 Å². The van der Waals surface area contributed by atoms with Crippen LogP contribution in [0.15, 0.2) is 30.3 Å². The third-order valence-electron chi connectivity index (χ3n) is 3.55. The highest BCUT2D eigenvalue weighted by molar-refractivity contribution is 14.1. The van der Waals surface area contributed by atoms with Crippen LogP contribution in [0.25, 0.3) is 0 Å². The van der Waals surface area contributed by atoms with Crippen LogP contribution in [0.2, 0.25) is 0 Å². The molecule has 2 aromatic rings. The molecule has 132 valence electrons. The number of methoxy groups -OCH3 is 3. The second-order valence-electron chi connectivity index (χ2n) is 5.18. The first-order valence-corrected chi connectivity index (χ1v) is 8.41. The van der Waals surface area contributed by atoms with Crippen LogP contribution >= 0.6 is 22.6 Å². The van der Waals surface area contributed by atoms with Crippen molar-refractivity contribution in [2.75, 3.05) is 26.6 Å². The molecule has 0 unspecified atom stereocenters. The lowest BCUT2D eigenvalue weighted by atomic mass is 10.1. The van der Waals surface area contributed by atoms with Gasteiger partial charge in [0.2, 0.25) is 0 Å². The summed E-state index contributed by atoms with van der Waals surface area (Å²) in [6.45, 7) is 1.95. The van der Waals surface area contributed by atoms with Crippen molar-refractivity contribution in [1.29, 1.82) is 0 Å². The first-order valence-electron chi connectivity index (χ1n) is 7.33. The van der Waals surface area contributed by atoms with E-state index < -0.39 is 5.97 Å². The molecular weight excluding hydrogens is 437 g/mol. The van der Waals surface area contributed by atoms with Gasteiger partial charge in [0.15, 0.2) is 11.5 Å². The molecule has 0 aliphatic carbocycles. The summed E-state index contributed by atoms with van der Waals surface area (Å²) >= 11 is 2.10. The topological polar surface area (TPSA) is 73.9 Å². The van der Waals surface area contributed by atoms with Crippen molar-refractivity contribution in [3.05, 3.63) is 50.6 Å². The zero-order chi connectivity index (χ0) is 18.6. The van der Waals surface area contributed by atoms with Crippen LogP contribution in [0.5, 0.6) is 11.5 Å². The zero-order valence-electron chi connectivity index (χ0n) is 14.3. The minimum absolute atomic E-state index is 0.176. The fourth-order valence-electron chi connectivity index (χ4n) is 2.26. The van der Waals surface area contributed by atoms with E-state index >= 15 is 0 Å². The predicted molar refractivity (Wildman–Crippen MR) is 103 cm³/mol. The number of carbonyl (C=O) groups excluding carboxylic acids is 2. The van der Waals surface area contributed by atoms with Gasteiger partial charge in [-0.05, 0) is 41.6 Å². The predicted octanol–water partition coefficient (Wildman–Crippen LogP) is 3.66. The number of halogens is 1. The third-order valence-corrected chi connectivity index (χ3v) is 4.44. The van der Waals surface area contributed by atoms with Crippen molar-refractivity contribution < 1.29 is 23.8 Å². The molecule has 25 heavy (non-hydrogen) atoms. The monoisotopic (exact) mass is 455 g/mol. The largest absolute Gasteiger partial charge is 0.493 e. The second kappa shape index (κ2) is 8.19. The molecule has 0 aromatic heterocycles. The van der Waals surface area contributed by atoms with Crippen LogP contribution in [0.3, 0.4) is 0 Å². The average molecular weight is 455 g/mol. The maximum atomic E-state index is 12.6. The van der Waals surface area contributed by atoms with Crippen LogP contribution in [-0.2, 0) is 4.74 Å². The summed E-state index contributed by atoms with van der Waals surface area (Å²) in [5, 5.41) is 2.75. The summed E-state index contributed by atoms with van der Waals surface area (Å²) in [5.74, 6) is -0.161.